The summed E-state index contributed by atoms with van der Waals surface area (Å²) in [4.78, 5) is 22.1. The van der Waals surface area contributed by atoms with E-state index in [2.05, 4.69) is 0 Å². The lowest BCUT2D eigenvalue weighted by Gasteiger charge is -2.21. The van der Waals surface area contributed by atoms with Gasteiger partial charge in [0.15, 0.2) is 5.78 Å². The number of ketones is 1. The van der Waals surface area contributed by atoms with Gasteiger partial charge in [-0.3, -0.25) is 9.59 Å². The molecule has 0 aromatic heterocycles. The Morgan fingerprint density at radius 2 is 1.75 bits per heavy atom. The number of Topliss-reactive ketones (excluding diaryl/α,β-unsaturated/α-hetero) is 1. The molecule has 86 valence electrons. The van der Waals surface area contributed by atoms with Gasteiger partial charge < -0.3 is 0 Å². The number of halogens is 2. The standard InChI is InChI=1S/C12H12F2O2/c1-12(2,11(13)14)10(16)9-5-3-8(7-15)4-6-9/h3-7,11H,1-2H3. The van der Waals surface area contributed by atoms with Crippen molar-refractivity contribution in [1.82, 2.24) is 0 Å². The van der Waals surface area contributed by atoms with E-state index < -0.39 is 17.6 Å². The average molecular weight is 226 g/mol. The highest BCUT2D eigenvalue weighted by atomic mass is 19.3. The summed E-state index contributed by atoms with van der Waals surface area (Å²) in [5, 5.41) is 0. The summed E-state index contributed by atoms with van der Waals surface area (Å²) in [6.45, 7) is 2.40. The molecule has 0 aliphatic rings. The summed E-state index contributed by atoms with van der Waals surface area (Å²) in [6, 6.07) is 5.63. The third kappa shape index (κ3) is 2.32. The molecule has 0 atom stereocenters. The van der Waals surface area contributed by atoms with Crippen LogP contribution in [0.25, 0.3) is 0 Å². The first-order chi connectivity index (χ1) is 7.39. The first kappa shape index (κ1) is 12.5. The molecule has 1 aromatic carbocycles. The maximum Gasteiger partial charge on any atom is 0.250 e. The van der Waals surface area contributed by atoms with Crippen LogP contribution in [0.3, 0.4) is 0 Å². The summed E-state index contributed by atoms with van der Waals surface area (Å²) in [7, 11) is 0. The molecule has 0 aliphatic heterocycles. The van der Waals surface area contributed by atoms with E-state index in [1.165, 1.54) is 38.1 Å². The van der Waals surface area contributed by atoms with Gasteiger partial charge in [-0.25, -0.2) is 8.78 Å². The van der Waals surface area contributed by atoms with Crippen LogP contribution >= 0.6 is 0 Å². The van der Waals surface area contributed by atoms with E-state index in [1.807, 2.05) is 0 Å². The molecule has 1 aromatic rings. The van der Waals surface area contributed by atoms with E-state index in [-0.39, 0.29) is 5.56 Å². The van der Waals surface area contributed by atoms with Crippen molar-refractivity contribution >= 4 is 12.1 Å². The molecule has 0 radical (unpaired) electrons. The van der Waals surface area contributed by atoms with Crippen molar-refractivity contribution in [2.45, 2.75) is 20.3 Å². The Morgan fingerprint density at radius 3 is 2.12 bits per heavy atom. The van der Waals surface area contributed by atoms with Crippen molar-refractivity contribution in [3.05, 3.63) is 35.4 Å². The van der Waals surface area contributed by atoms with E-state index in [0.717, 1.165) is 0 Å². The molecule has 0 N–H and O–H groups in total. The van der Waals surface area contributed by atoms with Crippen molar-refractivity contribution in [3.63, 3.8) is 0 Å². The van der Waals surface area contributed by atoms with Crippen LogP contribution in [-0.2, 0) is 0 Å². The molecule has 0 spiro atoms. The third-order valence-corrected chi connectivity index (χ3v) is 2.44. The van der Waals surface area contributed by atoms with Crippen LogP contribution in [0.2, 0.25) is 0 Å². The number of rotatable bonds is 4. The molecule has 0 saturated carbocycles. The number of hydrogen-bond donors (Lipinski definition) is 0. The molecule has 4 heteroatoms. The zero-order valence-corrected chi connectivity index (χ0v) is 9.04. The number of hydrogen-bond acceptors (Lipinski definition) is 2. The van der Waals surface area contributed by atoms with E-state index >= 15 is 0 Å². The molecule has 2 nitrogen and oxygen atoms in total. The lowest BCUT2D eigenvalue weighted by molar-refractivity contribution is 0.0216. The largest absolute Gasteiger partial charge is 0.298 e. The van der Waals surface area contributed by atoms with E-state index in [0.29, 0.717) is 11.8 Å². The summed E-state index contributed by atoms with van der Waals surface area (Å²) in [5.41, 5.74) is -1.11. The van der Waals surface area contributed by atoms with Gasteiger partial charge in [-0.15, -0.1) is 0 Å². The number of benzene rings is 1. The van der Waals surface area contributed by atoms with E-state index in [9.17, 15) is 18.4 Å². The molecule has 0 heterocycles. The fraction of sp³-hybridized carbons (Fsp3) is 0.333. The van der Waals surface area contributed by atoms with Gasteiger partial charge in [0.2, 0.25) is 0 Å². The summed E-state index contributed by atoms with van der Waals surface area (Å²) in [5.74, 6) is -0.625. The van der Waals surface area contributed by atoms with Crippen LogP contribution in [0.15, 0.2) is 24.3 Å². The number of aldehydes is 1. The second-order valence-corrected chi connectivity index (χ2v) is 4.09. The number of carbonyl (C=O) groups excluding carboxylic acids is 2. The van der Waals surface area contributed by atoms with Crippen LogP contribution in [0.5, 0.6) is 0 Å². The minimum Gasteiger partial charge on any atom is -0.298 e. The SMILES string of the molecule is CC(C)(C(=O)c1ccc(C=O)cc1)C(F)F. The molecule has 0 unspecified atom stereocenters. The molecular formula is C12H12F2O2. The highest BCUT2D eigenvalue weighted by Crippen LogP contribution is 2.29. The molecule has 0 aliphatic carbocycles. The van der Waals surface area contributed by atoms with Crippen molar-refractivity contribution in [2.75, 3.05) is 0 Å². The van der Waals surface area contributed by atoms with Gasteiger partial charge in [-0.1, -0.05) is 24.3 Å². The lowest BCUT2D eigenvalue weighted by atomic mass is 9.84. The minimum absolute atomic E-state index is 0.191. The first-order valence-corrected chi connectivity index (χ1v) is 4.77. The van der Waals surface area contributed by atoms with Crippen LogP contribution < -0.4 is 0 Å². The Kier molecular flexibility index (Phi) is 3.52. The van der Waals surface area contributed by atoms with Crippen LogP contribution in [0.1, 0.15) is 34.6 Å². The Hall–Kier alpha value is -1.58. The molecule has 16 heavy (non-hydrogen) atoms. The van der Waals surface area contributed by atoms with Gasteiger partial charge in [0, 0.05) is 11.1 Å². The molecule has 0 saturated heterocycles. The van der Waals surface area contributed by atoms with Gasteiger partial charge in [-0.2, -0.15) is 0 Å². The quantitative estimate of drug-likeness (QED) is 0.584. The predicted octanol–water partition coefficient (Wildman–Crippen LogP) is 2.97. The first-order valence-electron chi connectivity index (χ1n) is 4.77. The maximum atomic E-state index is 12.6. The smallest absolute Gasteiger partial charge is 0.250 e. The van der Waals surface area contributed by atoms with Crippen LogP contribution in [0, 0.1) is 5.41 Å². The fourth-order valence-electron chi connectivity index (χ4n) is 1.18. The Labute approximate surface area is 92.3 Å². The maximum absolute atomic E-state index is 12.6. The molecule has 0 amide bonds. The van der Waals surface area contributed by atoms with Crippen molar-refractivity contribution in [3.8, 4) is 0 Å². The van der Waals surface area contributed by atoms with Crippen molar-refractivity contribution in [1.29, 1.82) is 0 Å². The normalized spacial score (nSPS) is 11.6. The highest BCUT2D eigenvalue weighted by Gasteiger charge is 2.37. The number of carbonyl (C=O) groups is 2. The van der Waals surface area contributed by atoms with Crippen molar-refractivity contribution < 1.29 is 18.4 Å². The Morgan fingerprint density at radius 1 is 1.25 bits per heavy atom. The molecule has 0 fully saturated rings. The molecule has 0 bridgehead atoms. The van der Waals surface area contributed by atoms with Crippen LogP contribution in [-0.4, -0.2) is 18.5 Å². The summed E-state index contributed by atoms with van der Waals surface area (Å²) in [6.07, 6.45) is -2.09. The van der Waals surface area contributed by atoms with E-state index in [1.54, 1.807) is 0 Å². The van der Waals surface area contributed by atoms with Gasteiger partial charge >= 0.3 is 0 Å². The van der Waals surface area contributed by atoms with Gasteiger partial charge in [0.25, 0.3) is 6.43 Å². The van der Waals surface area contributed by atoms with E-state index in [4.69, 9.17) is 0 Å². The third-order valence-electron chi connectivity index (χ3n) is 2.44. The topological polar surface area (TPSA) is 34.1 Å². The zero-order chi connectivity index (χ0) is 12.3. The fourth-order valence-corrected chi connectivity index (χ4v) is 1.18. The van der Waals surface area contributed by atoms with Gasteiger partial charge in [0.1, 0.15) is 6.29 Å². The lowest BCUT2D eigenvalue weighted by Crippen LogP contribution is -2.32. The number of alkyl halides is 2. The second-order valence-electron chi connectivity index (χ2n) is 4.09. The Balaban J connectivity index is 3.01. The molecule has 1 rings (SSSR count). The van der Waals surface area contributed by atoms with Gasteiger partial charge in [-0.05, 0) is 13.8 Å². The van der Waals surface area contributed by atoms with Gasteiger partial charge in [0.05, 0.1) is 5.41 Å². The summed E-state index contributed by atoms with van der Waals surface area (Å²) < 4.78 is 25.2. The summed E-state index contributed by atoms with van der Waals surface area (Å²) >= 11 is 0. The monoisotopic (exact) mass is 226 g/mol. The molecular weight excluding hydrogens is 214 g/mol. The Bertz CT molecular complexity index is 394. The average Bonchev–Trinajstić information content (AvgIpc) is 2.28. The predicted molar refractivity (Wildman–Crippen MR) is 55.9 cm³/mol. The van der Waals surface area contributed by atoms with Crippen LogP contribution in [0.4, 0.5) is 8.78 Å². The van der Waals surface area contributed by atoms with Crippen molar-refractivity contribution in [2.24, 2.45) is 5.41 Å². The highest BCUT2D eigenvalue weighted by molar-refractivity contribution is 6.00. The minimum atomic E-state index is -2.72. The second kappa shape index (κ2) is 4.51. The zero-order valence-electron chi connectivity index (χ0n) is 9.04.